The normalized spacial score (nSPS) is 16.2. The molecule has 2 nitrogen and oxygen atoms in total. The van der Waals surface area contributed by atoms with Gasteiger partial charge in [0.1, 0.15) is 5.75 Å². The van der Waals surface area contributed by atoms with Gasteiger partial charge in [0.25, 0.3) is 0 Å². The quantitative estimate of drug-likeness (QED) is 0.821. The monoisotopic (exact) mass is 205 g/mol. The largest absolute Gasteiger partial charge is 0.496 e. The van der Waals surface area contributed by atoms with E-state index in [4.69, 9.17) is 10.5 Å². The zero-order valence-corrected chi connectivity index (χ0v) is 9.55. The van der Waals surface area contributed by atoms with Crippen molar-refractivity contribution >= 4 is 0 Å². The molecule has 0 bridgehead atoms. The van der Waals surface area contributed by atoms with Crippen molar-refractivity contribution < 1.29 is 4.74 Å². The number of methoxy groups -OCH3 is 1. The van der Waals surface area contributed by atoms with E-state index < -0.39 is 0 Å². The van der Waals surface area contributed by atoms with Crippen molar-refractivity contribution in [3.05, 3.63) is 28.8 Å². The highest BCUT2D eigenvalue weighted by atomic mass is 16.5. The van der Waals surface area contributed by atoms with Crippen LogP contribution in [0.3, 0.4) is 0 Å². The molecular weight excluding hydrogens is 186 g/mol. The summed E-state index contributed by atoms with van der Waals surface area (Å²) in [6.45, 7) is 2.92. The predicted molar refractivity (Wildman–Crippen MR) is 62.5 cm³/mol. The van der Waals surface area contributed by atoms with Crippen molar-refractivity contribution in [1.29, 1.82) is 0 Å². The summed E-state index contributed by atoms with van der Waals surface area (Å²) < 4.78 is 5.39. The molecule has 2 heteroatoms. The van der Waals surface area contributed by atoms with Gasteiger partial charge in [0.15, 0.2) is 0 Å². The molecule has 1 aliphatic rings. The number of benzene rings is 1. The van der Waals surface area contributed by atoms with Crippen LogP contribution in [-0.4, -0.2) is 13.7 Å². The summed E-state index contributed by atoms with van der Waals surface area (Å²) in [5.41, 5.74) is 10.1. The fourth-order valence-electron chi connectivity index (χ4n) is 2.48. The van der Waals surface area contributed by atoms with E-state index in [2.05, 4.69) is 19.1 Å². The van der Waals surface area contributed by atoms with Gasteiger partial charge in [0, 0.05) is 0 Å². The summed E-state index contributed by atoms with van der Waals surface area (Å²) in [5, 5.41) is 0. The molecule has 0 aliphatic heterocycles. The lowest BCUT2D eigenvalue weighted by molar-refractivity contribution is 0.410. The average Bonchev–Trinajstić information content (AvgIpc) is 2.75. The molecule has 0 aromatic heterocycles. The molecule has 0 spiro atoms. The maximum atomic E-state index is 5.74. The summed E-state index contributed by atoms with van der Waals surface area (Å²) in [5.74, 6) is 1.51. The van der Waals surface area contributed by atoms with Gasteiger partial charge in [-0.2, -0.15) is 0 Å². The molecule has 15 heavy (non-hydrogen) atoms. The SMILES string of the molecule is COc1ccc(C(C)CN)c2c1CCC2. The number of hydrogen-bond donors (Lipinski definition) is 1. The summed E-state index contributed by atoms with van der Waals surface area (Å²) >= 11 is 0. The number of nitrogens with two attached hydrogens (primary N) is 1. The zero-order chi connectivity index (χ0) is 10.8. The van der Waals surface area contributed by atoms with E-state index in [1.54, 1.807) is 7.11 Å². The molecular formula is C13H19NO. The Bertz CT molecular complexity index is 360. The van der Waals surface area contributed by atoms with E-state index in [1.165, 1.54) is 29.5 Å². The second kappa shape index (κ2) is 4.23. The second-order valence-corrected chi connectivity index (χ2v) is 4.30. The van der Waals surface area contributed by atoms with Crippen LogP contribution >= 0.6 is 0 Å². The smallest absolute Gasteiger partial charge is 0.122 e. The highest BCUT2D eigenvalue weighted by molar-refractivity contribution is 5.49. The Morgan fingerprint density at radius 1 is 1.33 bits per heavy atom. The Balaban J connectivity index is 2.47. The van der Waals surface area contributed by atoms with E-state index in [1.807, 2.05) is 0 Å². The minimum absolute atomic E-state index is 0.461. The molecule has 1 aromatic carbocycles. The van der Waals surface area contributed by atoms with Gasteiger partial charge in [0.2, 0.25) is 0 Å². The van der Waals surface area contributed by atoms with Crippen LogP contribution in [0.2, 0.25) is 0 Å². The first-order valence-electron chi connectivity index (χ1n) is 5.66. The number of hydrogen-bond acceptors (Lipinski definition) is 2. The van der Waals surface area contributed by atoms with Crippen molar-refractivity contribution in [1.82, 2.24) is 0 Å². The summed E-state index contributed by atoms with van der Waals surface area (Å²) in [6.07, 6.45) is 3.59. The highest BCUT2D eigenvalue weighted by Gasteiger charge is 2.20. The van der Waals surface area contributed by atoms with E-state index in [0.717, 1.165) is 18.7 Å². The van der Waals surface area contributed by atoms with Gasteiger partial charge in [-0.05, 0) is 54.5 Å². The fraction of sp³-hybridized carbons (Fsp3) is 0.538. The van der Waals surface area contributed by atoms with E-state index in [-0.39, 0.29) is 0 Å². The average molecular weight is 205 g/mol. The Morgan fingerprint density at radius 2 is 2.07 bits per heavy atom. The van der Waals surface area contributed by atoms with Crippen LogP contribution in [0.25, 0.3) is 0 Å². The molecule has 0 radical (unpaired) electrons. The van der Waals surface area contributed by atoms with E-state index >= 15 is 0 Å². The lowest BCUT2D eigenvalue weighted by atomic mass is 9.93. The molecule has 1 aromatic rings. The van der Waals surface area contributed by atoms with Gasteiger partial charge in [-0.3, -0.25) is 0 Å². The molecule has 0 saturated carbocycles. The van der Waals surface area contributed by atoms with Gasteiger partial charge in [-0.1, -0.05) is 13.0 Å². The third-order valence-corrected chi connectivity index (χ3v) is 3.38. The Kier molecular flexibility index (Phi) is 2.96. The van der Waals surface area contributed by atoms with Gasteiger partial charge in [-0.25, -0.2) is 0 Å². The van der Waals surface area contributed by atoms with Crippen molar-refractivity contribution in [3.8, 4) is 5.75 Å². The fourth-order valence-corrected chi connectivity index (χ4v) is 2.48. The first-order valence-corrected chi connectivity index (χ1v) is 5.66. The molecule has 0 saturated heterocycles. The molecule has 0 amide bonds. The molecule has 82 valence electrons. The number of rotatable bonds is 3. The minimum atomic E-state index is 0.461. The van der Waals surface area contributed by atoms with Crippen LogP contribution in [0.5, 0.6) is 5.75 Å². The second-order valence-electron chi connectivity index (χ2n) is 4.30. The molecule has 0 heterocycles. The Morgan fingerprint density at radius 3 is 2.73 bits per heavy atom. The van der Waals surface area contributed by atoms with E-state index in [0.29, 0.717) is 5.92 Å². The Hall–Kier alpha value is -1.02. The maximum Gasteiger partial charge on any atom is 0.122 e. The third-order valence-electron chi connectivity index (χ3n) is 3.38. The summed E-state index contributed by atoms with van der Waals surface area (Å²) in [7, 11) is 1.75. The molecule has 2 rings (SSSR count). The van der Waals surface area contributed by atoms with Crippen LogP contribution in [0, 0.1) is 0 Å². The van der Waals surface area contributed by atoms with Crippen LogP contribution in [0.15, 0.2) is 12.1 Å². The van der Waals surface area contributed by atoms with Crippen LogP contribution in [0.4, 0.5) is 0 Å². The highest BCUT2D eigenvalue weighted by Crippen LogP contribution is 2.35. The van der Waals surface area contributed by atoms with Crippen molar-refractivity contribution in [2.45, 2.75) is 32.1 Å². The van der Waals surface area contributed by atoms with Crippen molar-refractivity contribution in [3.63, 3.8) is 0 Å². The Labute approximate surface area is 91.4 Å². The van der Waals surface area contributed by atoms with Crippen molar-refractivity contribution in [2.75, 3.05) is 13.7 Å². The van der Waals surface area contributed by atoms with Gasteiger partial charge in [-0.15, -0.1) is 0 Å². The number of fused-ring (bicyclic) bond motifs is 1. The standard InChI is InChI=1S/C13H19NO/c1-9(8-14)10-6-7-13(15-2)12-5-3-4-11(10)12/h6-7,9H,3-5,8,14H2,1-2H3. The molecule has 2 N–H and O–H groups in total. The number of ether oxygens (including phenoxy) is 1. The lowest BCUT2D eigenvalue weighted by Crippen LogP contribution is -2.11. The molecule has 1 aliphatic carbocycles. The van der Waals surface area contributed by atoms with Crippen LogP contribution in [-0.2, 0) is 12.8 Å². The minimum Gasteiger partial charge on any atom is -0.496 e. The lowest BCUT2D eigenvalue weighted by Gasteiger charge is -2.16. The maximum absolute atomic E-state index is 5.74. The van der Waals surface area contributed by atoms with Crippen LogP contribution in [0.1, 0.15) is 36.0 Å². The van der Waals surface area contributed by atoms with Crippen LogP contribution < -0.4 is 10.5 Å². The third kappa shape index (κ3) is 1.74. The molecule has 0 fully saturated rings. The molecule has 1 unspecified atom stereocenters. The zero-order valence-electron chi connectivity index (χ0n) is 9.55. The molecule has 1 atom stereocenters. The van der Waals surface area contributed by atoms with Gasteiger partial charge >= 0.3 is 0 Å². The van der Waals surface area contributed by atoms with E-state index in [9.17, 15) is 0 Å². The first kappa shape index (κ1) is 10.5. The predicted octanol–water partition coefficient (Wildman–Crippen LogP) is 2.25. The first-order chi connectivity index (χ1) is 7.27. The van der Waals surface area contributed by atoms with Gasteiger partial charge in [0.05, 0.1) is 7.11 Å². The van der Waals surface area contributed by atoms with Crippen molar-refractivity contribution in [2.24, 2.45) is 5.73 Å². The summed E-state index contributed by atoms with van der Waals surface area (Å²) in [6, 6.07) is 4.27. The topological polar surface area (TPSA) is 35.2 Å². The van der Waals surface area contributed by atoms with Gasteiger partial charge < -0.3 is 10.5 Å². The summed E-state index contributed by atoms with van der Waals surface area (Å²) in [4.78, 5) is 0.